The first-order chi connectivity index (χ1) is 9.74. The zero-order chi connectivity index (χ0) is 13.9. The summed E-state index contributed by atoms with van der Waals surface area (Å²) in [6, 6.07) is 2.46. The summed E-state index contributed by atoms with van der Waals surface area (Å²) in [7, 11) is 0. The van der Waals surface area contributed by atoms with Crippen LogP contribution in [-0.4, -0.2) is 38.1 Å². The van der Waals surface area contributed by atoms with E-state index in [1.54, 1.807) is 6.20 Å². The van der Waals surface area contributed by atoms with E-state index in [1.807, 2.05) is 23.1 Å². The molecule has 6 nitrogen and oxygen atoms in total. The Morgan fingerprint density at radius 2 is 2.00 bits per heavy atom. The number of hydrogen-bond acceptors (Lipinski definition) is 5. The van der Waals surface area contributed by atoms with E-state index in [2.05, 4.69) is 39.0 Å². The zero-order valence-electron chi connectivity index (χ0n) is 12.0. The number of aromatic nitrogens is 5. The lowest BCUT2D eigenvalue weighted by Gasteiger charge is -2.32. The molecule has 0 aromatic carbocycles. The minimum atomic E-state index is 0.364. The summed E-state index contributed by atoms with van der Waals surface area (Å²) in [6.45, 7) is 6.24. The lowest BCUT2D eigenvalue weighted by molar-refractivity contribution is 0.359. The van der Waals surface area contributed by atoms with Gasteiger partial charge in [-0.05, 0) is 18.9 Å². The number of anilines is 1. The molecule has 106 valence electrons. The molecule has 0 N–H and O–H groups in total. The van der Waals surface area contributed by atoms with Crippen LogP contribution in [0.5, 0.6) is 0 Å². The summed E-state index contributed by atoms with van der Waals surface area (Å²) < 4.78 is 1.97. The van der Waals surface area contributed by atoms with Crippen molar-refractivity contribution in [3.8, 4) is 0 Å². The molecule has 0 aliphatic carbocycles. The molecular weight excluding hydrogens is 252 g/mol. The van der Waals surface area contributed by atoms with E-state index in [0.29, 0.717) is 12.0 Å². The predicted octanol–water partition coefficient (Wildman–Crippen LogP) is 2.03. The molecule has 2 aromatic rings. The fraction of sp³-hybridized carbons (Fsp3) is 0.571. The second kappa shape index (κ2) is 5.56. The Morgan fingerprint density at radius 3 is 2.65 bits per heavy atom. The van der Waals surface area contributed by atoms with Crippen LogP contribution >= 0.6 is 0 Å². The minimum Gasteiger partial charge on any atom is -0.356 e. The first-order valence-electron chi connectivity index (χ1n) is 7.17. The highest BCUT2D eigenvalue weighted by molar-refractivity contribution is 5.38. The summed E-state index contributed by atoms with van der Waals surface area (Å²) >= 11 is 0. The molecule has 0 bridgehead atoms. The molecule has 0 unspecified atom stereocenters. The lowest BCUT2D eigenvalue weighted by atomic mass is 10.1. The molecule has 6 heteroatoms. The first-order valence-corrected chi connectivity index (χ1v) is 7.17. The van der Waals surface area contributed by atoms with Gasteiger partial charge in [-0.3, -0.25) is 0 Å². The molecule has 0 saturated carbocycles. The van der Waals surface area contributed by atoms with Gasteiger partial charge < -0.3 is 4.90 Å². The van der Waals surface area contributed by atoms with Gasteiger partial charge in [0.1, 0.15) is 11.6 Å². The van der Waals surface area contributed by atoms with E-state index < -0.39 is 0 Å². The maximum Gasteiger partial charge on any atom is 0.133 e. The molecule has 0 radical (unpaired) electrons. The third-order valence-corrected chi connectivity index (χ3v) is 3.78. The summed E-state index contributed by atoms with van der Waals surface area (Å²) in [6.07, 6.45) is 7.70. The van der Waals surface area contributed by atoms with Crippen LogP contribution in [-0.2, 0) is 0 Å². The summed E-state index contributed by atoms with van der Waals surface area (Å²) in [4.78, 5) is 11.3. The van der Waals surface area contributed by atoms with Crippen molar-refractivity contribution >= 4 is 5.82 Å². The molecule has 1 fully saturated rings. The number of piperidine rings is 1. The molecule has 20 heavy (non-hydrogen) atoms. The zero-order valence-corrected chi connectivity index (χ0v) is 12.0. The molecule has 3 rings (SSSR count). The van der Waals surface area contributed by atoms with Gasteiger partial charge in [-0.1, -0.05) is 19.1 Å². The van der Waals surface area contributed by atoms with Gasteiger partial charge in [-0.25, -0.2) is 14.6 Å². The van der Waals surface area contributed by atoms with Crippen molar-refractivity contribution in [2.24, 2.45) is 0 Å². The van der Waals surface area contributed by atoms with Gasteiger partial charge in [-0.2, -0.15) is 0 Å². The van der Waals surface area contributed by atoms with Crippen LogP contribution in [0.25, 0.3) is 0 Å². The lowest BCUT2D eigenvalue weighted by Crippen LogP contribution is -2.35. The van der Waals surface area contributed by atoms with Gasteiger partial charge in [0, 0.05) is 31.4 Å². The Bertz CT molecular complexity index is 543. The van der Waals surface area contributed by atoms with Crippen LogP contribution in [0.4, 0.5) is 5.82 Å². The minimum absolute atomic E-state index is 0.364. The van der Waals surface area contributed by atoms with Crippen molar-refractivity contribution in [3.05, 3.63) is 30.5 Å². The monoisotopic (exact) mass is 272 g/mol. The maximum atomic E-state index is 4.66. The van der Waals surface area contributed by atoms with Crippen LogP contribution in [0.2, 0.25) is 0 Å². The van der Waals surface area contributed by atoms with Crippen molar-refractivity contribution in [2.45, 2.75) is 38.6 Å². The second-order valence-corrected chi connectivity index (χ2v) is 5.53. The Labute approximate surface area is 118 Å². The Kier molecular flexibility index (Phi) is 3.62. The summed E-state index contributed by atoms with van der Waals surface area (Å²) in [5.74, 6) is 2.32. The highest BCUT2D eigenvalue weighted by Crippen LogP contribution is 2.25. The van der Waals surface area contributed by atoms with E-state index in [0.717, 1.165) is 37.6 Å². The molecule has 2 aromatic heterocycles. The highest BCUT2D eigenvalue weighted by atomic mass is 15.4. The normalized spacial score (nSPS) is 16.9. The predicted molar refractivity (Wildman–Crippen MR) is 76.6 cm³/mol. The standard InChI is InChI=1S/C14H20N6/c1-11(2)14-15-6-3-13(17-14)19-8-4-12(5-9-19)20-10-7-16-18-20/h3,6-7,10-12H,4-5,8-9H2,1-2H3. The van der Waals surface area contributed by atoms with Crippen LogP contribution in [0.3, 0.4) is 0 Å². The van der Waals surface area contributed by atoms with E-state index in [1.165, 1.54) is 0 Å². The summed E-state index contributed by atoms with van der Waals surface area (Å²) in [5, 5.41) is 7.98. The van der Waals surface area contributed by atoms with Gasteiger partial charge in [0.15, 0.2) is 0 Å². The summed E-state index contributed by atoms with van der Waals surface area (Å²) in [5.41, 5.74) is 0. The third-order valence-electron chi connectivity index (χ3n) is 3.78. The molecule has 1 saturated heterocycles. The van der Waals surface area contributed by atoms with Crippen molar-refractivity contribution < 1.29 is 0 Å². The second-order valence-electron chi connectivity index (χ2n) is 5.53. The Morgan fingerprint density at radius 1 is 1.20 bits per heavy atom. The molecule has 0 amide bonds. The number of hydrogen-bond donors (Lipinski definition) is 0. The van der Waals surface area contributed by atoms with Crippen LogP contribution < -0.4 is 4.90 Å². The largest absolute Gasteiger partial charge is 0.356 e. The van der Waals surface area contributed by atoms with E-state index in [9.17, 15) is 0 Å². The molecule has 1 aliphatic rings. The molecule has 0 spiro atoms. The average Bonchev–Trinajstić information content (AvgIpc) is 3.02. The molecule has 1 aliphatic heterocycles. The van der Waals surface area contributed by atoms with Gasteiger partial charge in [-0.15, -0.1) is 5.10 Å². The third kappa shape index (κ3) is 2.64. The maximum absolute atomic E-state index is 4.66. The van der Waals surface area contributed by atoms with E-state index in [-0.39, 0.29) is 0 Å². The quantitative estimate of drug-likeness (QED) is 0.855. The van der Waals surface area contributed by atoms with Crippen molar-refractivity contribution in [1.29, 1.82) is 0 Å². The van der Waals surface area contributed by atoms with Crippen LogP contribution in [0.15, 0.2) is 24.7 Å². The van der Waals surface area contributed by atoms with Gasteiger partial charge in [0.05, 0.1) is 12.2 Å². The molecular formula is C14H20N6. The number of nitrogens with zero attached hydrogens (tertiary/aromatic N) is 6. The first kappa shape index (κ1) is 13.0. The van der Waals surface area contributed by atoms with Gasteiger partial charge >= 0.3 is 0 Å². The fourth-order valence-electron chi connectivity index (χ4n) is 2.59. The highest BCUT2D eigenvalue weighted by Gasteiger charge is 2.22. The average molecular weight is 272 g/mol. The molecule has 3 heterocycles. The SMILES string of the molecule is CC(C)c1nccc(N2CCC(n3ccnn3)CC2)n1. The van der Waals surface area contributed by atoms with E-state index in [4.69, 9.17) is 0 Å². The van der Waals surface area contributed by atoms with Crippen molar-refractivity contribution in [1.82, 2.24) is 25.0 Å². The fourth-order valence-corrected chi connectivity index (χ4v) is 2.59. The van der Waals surface area contributed by atoms with Gasteiger partial charge in [0.25, 0.3) is 0 Å². The van der Waals surface area contributed by atoms with Crippen LogP contribution in [0, 0.1) is 0 Å². The number of rotatable bonds is 3. The molecule has 0 atom stereocenters. The van der Waals surface area contributed by atoms with Gasteiger partial charge in [0.2, 0.25) is 0 Å². The smallest absolute Gasteiger partial charge is 0.133 e. The Balaban J connectivity index is 1.67. The van der Waals surface area contributed by atoms with Crippen molar-refractivity contribution in [3.63, 3.8) is 0 Å². The topological polar surface area (TPSA) is 59.7 Å². The van der Waals surface area contributed by atoms with Crippen molar-refractivity contribution in [2.75, 3.05) is 18.0 Å². The van der Waals surface area contributed by atoms with Crippen LogP contribution in [0.1, 0.15) is 44.5 Å². The van der Waals surface area contributed by atoms with E-state index >= 15 is 0 Å². The Hall–Kier alpha value is -1.98.